The number of anilines is 2. The Morgan fingerprint density at radius 3 is 2.85 bits per heavy atom. The minimum Gasteiger partial charge on any atom is -0.369 e. The molecule has 2 aromatic rings. The molecule has 0 amide bonds. The number of pyridine rings is 1. The van der Waals surface area contributed by atoms with E-state index in [1.165, 1.54) is 0 Å². The summed E-state index contributed by atoms with van der Waals surface area (Å²) in [6.07, 6.45) is 1.87. The van der Waals surface area contributed by atoms with E-state index < -0.39 is 44.6 Å². The second-order valence-corrected chi connectivity index (χ2v) is 8.85. The van der Waals surface area contributed by atoms with Gasteiger partial charge in [-0.25, -0.2) is 22.2 Å². The molecule has 1 aliphatic rings. The third-order valence-corrected chi connectivity index (χ3v) is 6.04. The van der Waals surface area contributed by atoms with Crippen LogP contribution >= 0.6 is 15.9 Å². The fourth-order valence-corrected chi connectivity index (χ4v) is 4.41. The number of halogens is 3. The van der Waals surface area contributed by atoms with E-state index in [-0.39, 0.29) is 12.3 Å². The van der Waals surface area contributed by atoms with Crippen molar-refractivity contribution in [3.8, 4) is 0 Å². The Morgan fingerprint density at radius 1 is 1.41 bits per heavy atom. The molecule has 1 atom stereocenters. The van der Waals surface area contributed by atoms with Crippen LogP contribution in [0.1, 0.15) is 35.2 Å². The van der Waals surface area contributed by atoms with Crippen LogP contribution in [0.25, 0.3) is 0 Å². The molecular weight excluding hydrogens is 444 g/mol. The van der Waals surface area contributed by atoms with Crippen molar-refractivity contribution in [2.75, 3.05) is 22.3 Å². The third-order valence-electron chi connectivity index (χ3n) is 4.13. The lowest BCUT2D eigenvalue weighted by Crippen LogP contribution is -2.21. The van der Waals surface area contributed by atoms with E-state index in [1.807, 2.05) is 0 Å². The highest BCUT2D eigenvalue weighted by molar-refractivity contribution is 9.10. The third kappa shape index (κ3) is 3.96. The zero-order chi connectivity index (χ0) is 19.8. The Bertz CT molecular complexity index is 1010. The molecule has 10 heteroatoms. The summed E-state index contributed by atoms with van der Waals surface area (Å²) < 4.78 is 55.6. The molecule has 0 fully saturated rings. The van der Waals surface area contributed by atoms with E-state index in [0.29, 0.717) is 22.3 Å². The summed E-state index contributed by atoms with van der Waals surface area (Å²) in [6.45, 7) is 1.80. The van der Waals surface area contributed by atoms with Gasteiger partial charge < -0.3 is 5.32 Å². The average Bonchev–Trinajstić information content (AvgIpc) is 3.00. The molecule has 1 unspecified atom stereocenters. The maximum Gasteiger partial charge on any atom is 0.232 e. The number of benzene rings is 1. The van der Waals surface area contributed by atoms with Gasteiger partial charge in [0.25, 0.3) is 0 Å². The number of aromatic nitrogens is 1. The molecular formula is C17H16BrF2N3O3S. The van der Waals surface area contributed by atoms with Gasteiger partial charge in [0.15, 0.2) is 11.6 Å². The van der Waals surface area contributed by atoms with Gasteiger partial charge in [-0.05, 0) is 40.5 Å². The maximum absolute atomic E-state index is 14.8. The number of carbonyl (C=O) groups excluding carboxylic acids is 1. The molecule has 1 aliphatic heterocycles. The number of ketones is 1. The summed E-state index contributed by atoms with van der Waals surface area (Å²) in [5, 5.41) is 2.93. The van der Waals surface area contributed by atoms with E-state index >= 15 is 0 Å². The summed E-state index contributed by atoms with van der Waals surface area (Å²) in [6, 6.07) is 3.50. The molecule has 0 radical (unpaired) electrons. The molecule has 0 aliphatic carbocycles. The minimum atomic E-state index is -3.79. The van der Waals surface area contributed by atoms with Crippen LogP contribution in [0, 0.1) is 11.6 Å². The van der Waals surface area contributed by atoms with E-state index in [9.17, 15) is 22.0 Å². The molecule has 2 heterocycles. The number of carbonyl (C=O) groups is 1. The van der Waals surface area contributed by atoms with Crippen molar-refractivity contribution in [2.45, 2.75) is 19.3 Å². The van der Waals surface area contributed by atoms with Crippen LogP contribution in [-0.2, 0) is 10.0 Å². The first-order valence-electron chi connectivity index (χ1n) is 8.15. The molecule has 3 rings (SSSR count). The lowest BCUT2D eigenvalue weighted by molar-refractivity contribution is 0.0958. The fraction of sp³-hybridized carbons (Fsp3) is 0.294. The average molecular weight is 460 g/mol. The van der Waals surface area contributed by atoms with Gasteiger partial charge in [0.2, 0.25) is 10.0 Å². The smallest absolute Gasteiger partial charge is 0.232 e. The molecule has 144 valence electrons. The molecule has 6 nitrogen and oxygen atoms in total. The first-order valence-corrected chi connectivity index (χ1v) is 10.6. The number of hydrogen-bond acceptors (Lipinski definition) is 5. The van der Waals surface area contributed by atoms with E-state index in [1.54, 1.807) is 19.2 Å². The second kappa shape index (κ2) is 7.51. The molecule has 2 N–H and O–H groups in total. The predicted octanol–water partition coefficient (Wildman–Crippen LogP) is 3.67. The second-order valence-electron chi connectivity index (χ2n) is 6.09. The van der Waals surface area contributed by atoms with Crippen LogP contribution in [0.3, 0.4) is 0 Å². The van der Waals surface area contributed by atoms with Crippen molar-refractivity contribution in [2.24, 2.45) is 0 Å². The molecule has 1 aromatic heterocycles. The number of nitrogens with one attached hydrogen (secondary N) is 2. The highest BCUT2D eigenvalue weighted by Gasteiger charge is 2.34. The van der Waals surface area contributed by atoms with Crippen LogP contribution < -0.4 is 10.0 Å². The summed E-state index contributed by atoms with van der Waals surface area (Å²) in [5.74, 6) is -3.64. The summed E-state index contributed by atoms with van der Waals surface area (Å²) in [5.41, 5.74) is -0.705. The molecule has 0 spiro atoms. The van der Waals surface area contributed by atoms with Gasteiger partial charge in [-0.15, -0.1) is 0 Å². The highest BCUT2D eigenvalue weighted by atomic mass is 79.9. The van der Waals surface area contributed by atoms with E-state index in [0.717, 1.165) is 12.1 Å². The molecule has 0 saturated heterocycles. The predicted molar refractivity (Wildman–Crippen MR) is 102 cm³/mol. The molecule has 0 bridgehead atoms. The van der Waals surface area contributed by atoms with Crippen molar-refractivity contribution >= 4 is 43.2 Å². The monoisotopic (exact) mass is 459 g/mol. The first-order chi connectivity index (χ1) is 12.7. The lowest BCUT2D eigenvalue weighted by Gasteiger charge is -2.14. The number of rotatable bonds is 6. The summed E-state index contributed by atoms with van der Waals surface area (Å²) in [4.78, 5) is 17.0. The van der Waals surface area contributed by atoms with Crippen molar-refractivity contribution in [1.29, 1.82) is 0 Å². The van der Waals surface area contributed by atoms with Gasteiger partial charge in [0, 0.05) is 22.8 Å². The normalized spacial score (nSPS) is 15.9. The number of nitrogens with zero attached hydrogens (tertiary/aromatic N) is 1. The van der Waals surface area contributed by atoms with Gasteiger partial charge in [0.05, 0.1) is 22.9 Å². The summed E-state index contributed by atoms with van der Waals surface area (Å²) >= 11 is 3.26. The number of sulfonamides is 1. The van der Waals surface area contributed by atoms with Crippen molar-refractivity contribution in [3.05, 3.63) is 51.6 Å². The lowest BCUT2D eigenvalue weighted by atomic mass is 9.92. The maximum atomic E-state index is 14.8. The van der Waals surface area contributed by atoms with E-state index in [2.05, 4.69) is 31.0 Å². The quantitative estimate of drug-likeness (QED) is 0.643. The zero-order valence-corrected chi connectivity index (χ0v) is 16.6. The van der Waals surface area contributed by atoms with Crippen LogP contribution in [0.4, 0.5) is 20.3 Å². The van der Waals surface area contributed by atoms with Crippen molar-refractivity contribution in [1.82, 2.24) is 4.98 Å². The van der Waals surface area contributed by atoms with Gasteiger partial charge in [0.1, 0.15) is 11.6 Å². The number of fused-ring (bicyclic) bond motifs is 1. The Labute approximate surface area is 163 Å². The van der Waals surface area contributed by atoms with Crippen LogP contribution in [0.15, 0.2) is 28.9 Å². The van der Waals surface area contributed by atoms with Crippen molar-refractivity contribution in [3.63, 3.8) is 0 Å². The standard InChI is InChI=1S/C17H16BrF2N3O3S/c1-2-5-27(25,26)23-13-4-3-12(19)14(15(13)20)16(24)11-8-22-17-10(11)6-9(18)7-21-17/h3-4,6-7,11,23H,2,5,8H2,1H3,(H,21,22). The Morgan fingerprint density at radius 2 is 2.15 bits per heavy atom. The first kappa shape index (κ1) is 19.7. The fourth-order valence-electron chi connectivity index (χ4n) is 2.93. The van der Waals surface area contributed by atoms with E-state index in [4.69, 9.17) is 0 Å². The summed E-state index contributed by atoms with van der Waals surface area (Å²) in [7, 11) is -3.79. The van der Waals surface area contributed by atoms with Gasteiger partial charge >= 0.3 is 0 Å². The van der Waals surface area contributed by atoms with Crippen LogP contribution in [0.5, 0.6) is 0 Å². The van der Waals surface area contributed by atoms with Gasteiger partial charge in [-0.3, -0.25) is 9.52 Å². The topological polar surface area (TPSA) is 88.2 Å². The van der Waals surface area contributed by atoms with Crippen molar-refractivity contribution < 1.29 is 22.0 Å². The van der Waals surface area contributed by atoms with Gasteiger partial charge in [-0.1, -0.05) is 6.92 Å². The highest BCUT2D eigenvalue weighted by Crippen LogP contribution is 2.35. The zero-order valence-electron chi connectivity index (χ0n) is 14.2. The molecule has 27 heavy (non-hydrogen) atoms. The Hall–Kier alpha value is -2.07. The Kier molecular flexibility index (Phi) is 5.48. The van der Waals surface area contributed by atoms with Crippen LogP contribution in [-0.4, -0.2) is 31.5 Å². The number of hydrogen-bond donors (Lipinski definition) is 2. The number of Topliss-reactive ketones (excluding diaryl/α,β-unsaturated/α-hetero) is 1. The largest absolute Gasteiger partial charge is 0.369 e. The molecule has 1 aromatic carbocycles. The van der Waals surface area contributed by atoms with Crippen LogP contribution in [0.2, 0.25) is 0 Å². The Balaban J connectivity index is 1.99. The minimum absolute atomic E-state index is 0.141. The molecule has 0 saturated carbocycles. The van der Waals surface area contributed by atoms with Gasteiger partial charge in [-0.2, -0.15) is 0 Å². The SMILES string of the molecule is CCCS(=O)(=O)Nc1ccc(F)c(C(=O)C2CNc3ncc(Br)cc32)c1F.